The van der Waals surface area contributed by atoms with Crippen molar-refractivity contribution >= 4 is 17.6 Å². The Morgan fingerprint density at radius 2 is 1.80 bits per heavy atom. The molecule has 0 saturated heterocycles. The first-order valence-corrected chi connectivity index (χ1v) is 8.23. The molecule has 0 spiro atoms. The number of rotatable bonds is 7. The maximum absolute atomic E-state index is 12.1. The highest BCUT2D eigenvalue weighted by Crippen LogP contribution is 2.14. The number of carbonyl (C=O) groups is 2. The molecule has 1 amide bonds. The summed E-state index contributed by atoms with van der Waals surface area (Å²) in [5.41, 5.74) is 2.48. The number of anilines is 1. The summed E-state index contributed by atoms with van der Waals surface area (Å²) in [4.78, 5) is 25.9. The van der Waals surface area contributed by atoms with Crippen LogP contribution in [-0.2, 0) is 9.53 Å². The number of nitrogens with one attached hydrogen (secondary N) is 1. The molecule has 5 heteroatoms. The topological polar surface area (TPSA) is 58.6 Å². The zero-order valence-electron chi connectivity index (χ0n) is 14.9. The molecule has 0 saturated carbocycles. The largest absolute Gasteiger partial charge is 0.452 e. The number of amides is 1. The molecule has 0 aliphatic carbocycles. The van der Waals surface area contributed by atoms with E-state index in [0.717, 1.165) is 11.3 Å². The lowest BCUT2D eigenvalue weighted by Gasteiger charge is -2.14. The van der Waals surface area contributed by atoms with Gasteiger partial charge in [0.25, 0.3) is 5.91 Å². The third kappa shape index (κ3) is 5.64. The molecule has 1 N–H and O–H groups in total. The molecule has 25 heavy (non-hydrogen) atoms. The molecule has 0 aliphatic rings. The van der Waals surface area contributed by atoms with Crippen molar-refractivity contribution < 1.29 is 14.3 Å². The van der Waals surface area contributed by atoms with Gasteiger partial charge in [0.1, 0.15) is 0 Å². The average molecular weight is 340 g/mol. The predicted octanol–water partition coefficient (Wildman–Crippen LogP) is 2.83. The van der Waals surface area contributed by atoms with Gasteiger partial charge in [-0.15, -0.1) is 0 Å². The number of hydrogen-bond acceptors (Lipinski definition) is 4. The van der Waals surface area contributed by atoms with Crippen molar-refractivity contribution in [1.29, 1.82) is 0 Å². The van der Waals surface area contributed by atoms with Gasteiger partial charge < -0.3 is 15.0 Å². The fraction of sp³-hybridized carbons (Fsp3) is 0.300. The second-order valence-corrected chi connectivity index (χ2v) is 6.14. The van der Waals surface area contributed by atoms with Crippen molar-refractivity contribution in [3.05, 3.63) is 65.7 Å². The highest BCUT2D eigenvalue weighted by atomic mass is 16.5. The second kappa shape index (κ2) is 8.87. The summed E-state index contributed by atoms with van der Waals surface area (Å²) in [5.74, 6) is -0.618. The van der Waals surface area contributed by atoms with Crippen LogP contribution in [0.3, 0.4) is 0 Å². The van der Waals surface area contributed by atoms with E-state index in [0.29, 0.717) is 12.1 Å². The molecule has 2 rings (SSSR count). The molecule has 0 unspecified atom stereocenters. The van der Waals surface area contributed by atoms with Crippen molar-refractivity contribution in [3.63, 3.8) is 0 Å². The predicted molar refractivity (Wildman–Crippen MR) is 98.9 cm³/mol. The SMILES string of the molecule is C[C@H](CNC(=O)COC(=O)c1cccc(N(C)C)c1)c1ccccc1. The Morgan fingerprint density at radius 3 is 2.48 bits per heavy atom. The van der Waals surface area contributed by atoms with Crippen LogP contribution in [-0.4, -0.2) is 39.1 Å². The van der Waals surface area contributed by atoms with Gasteiger partial charge in [-0.2, -0.15) is 0 Å². The second-order valence-electron chi connectivity index (χ2n) is 6.14. The van der Waals surface area contributed by atoms with Crippen molar-refractivity contribution in [2.24, 2.45) is 0 Å². The number of carbonyl (C=O) groups excluding carboxylic acids is 2. The monoisotopic (exact) mass is 340 g/mol. The average Bonchev–Trinajstić information content (AvgIpc) is 2.64. The molecule has 0 aromatic heterocycles. The number of nitrogens with zero attached hydrogens (tertiary/aromatic N) is 1. The van der Waals surface area contributed by atoms with E-state index in [-0.39, 0.29) is 18.4 Å². The minimum absolute atomic E-state index is 0.192. The van der Waals surface area contributed by atoms with Gasteiger partial charge in [-0.05, 0) is 29.7 Å². The van der Waals surface area contributed by atoms with Crippen LogP contribution in [0.5, 0.6) is 0 Å². The third-order valence-electron chi connectivity index (χ3n) is 3.91. The van der Waals surface area contributed by atoms with E-state index >= 15 is 0 Å². The van der Waals surface area contributed by atoms with E-state index in [1.54, 1.807) is 18.2 Å². The smallest absolute Gasteiger partial charge is 0.338 e. The quantitative estimate of drug-likeness (QED) is 0.788. The Labute approximate surface area is 148 Å². The van der Waals surface area contributed by atoms with Gasteiger partial charge in [-0.25, -0.2) is 4.79 Å². The van der Waals surface area contributed by atoms with E-state index in [1.165, 1.54) is 0 Å². The van der Waals surface area contributed by atoms with Crippen molar-refractivity contribution in [3.8, 4) is 0 Å². The lowest BCUT2D eigenvalue weighted by molar-refractivity contribution is -0.124. The van der Waals surface area contributed by atoms with Crippen LogP contribution in [0.25, 0.3) is 0 Å². The van der Waals surface area contributed by atoms with Crippen molar-refractivity contribution in [1.82, 2.24) is 5.32 Å². The van der Waals surface area contributed by atoms with Gasteiger partial charge in [0, 0.05) is 26.3 Å². The highest BCUT2D eigenvalue weighted by Gasteiger charge is 2.12. The van der Waals surface area contributed by atoms with Crippen LogP contribution in [0.2, 0.25) is 0 Å². The van der Waals surface area contributed by atoms with Crippen molar-refractivity contribution in [2.75, 3.05) is 32.1 Å². The highest BCUT2D eigenvalue weighted by molar-refractivity contribution is 5.92. The Hall–Kier alpha value is -2.82. The first-order chi connectivity index (χ1) is 12.0. The molecule has 2 aromatic rings. The molecule has 2 aromatic carbocycles. The lowest BCUT2D eigenvalue weighted by atomic mass is 10.0. The van der Waals surface area contributed by atoms with E-state index in [9.17, 15) is 9.59 Å². The Bertz CT molecular complexity index is 714. The summed E-state index contributed by atoms with van der Waals surface area (Å²) in [6, 6.07) is 17.0. The van der Waals surface area contributed by atoms with Gasteiger partial charge in [-0.1, -0.05) is 43.3 Å². The van der Waals surface area contributed by atoms with Crippen molar-refractivity contribution in [2.45, 2.75) is 12.8 Å². The summed E-state index contributed by atoms with van der Waals surface area (Å²) >= 11 is 0. The molecule has 0 heterocycles. The molecule has 5 nitrogen and oxygen atoms in total. The van der Waals surface area contributed by atoms with E-state index in [1.807, 2.05) is 62.3 Å². The summed E-state index contributed by atoms with van der Waals surface area (Å²) in [6.45, 7) is 2.25. The van der Waals surface area contributed by atoms with E-state index < -0.39 is 5.97 Å². The normalized spacial score (nSPS) is 11.5. The zero-order valence-corrected chi connectivity index (χ0v) is 14.9. The summed E-state index contributed by atoms with van der Waals surface area (Å²) < 4.78 is 5.09. The van der Waals surface area contributed by atoms with Crippen LogP contribution in [0.15, 0.2) is 54.6 Å². The molecule has 0 bridgehead atoms. The number of ether oxygens (including phenoxy) is 1. The van der Waals surface area contributed by atoms with Gasteiger partial charge in [-0.3, -0.25) is 4.79 Å². The third-order valence-corrected chi connectivity index (χ3v) is 3.91. The molecule has 132 valence electrons. The maximum Gasteiger partial charge on any atom is 0.338 e. The molecule has 0 aliphatic heterocycles. The fourth-order valence-corrected chi connectivity index (χ4v) is 2.34. The summed E-state index contributed by atoms with van der Waals surface area (Å²) in [6.07, 6.45) is 0. The van der Waals surface area contributed by atoms with Crippen LogP contribution in [0, 0.1) is 0 Å². The minimum Gasteiger partial charge on any atom is -0.452 e. The Morgan fingerprint density at radius 1 is 1.08 bits per heavy atom. The zero-order chi connectivity index (χ0) is 18.2. The summed E-state index contributed by atoms with van der Waals surface area (Å²) in [7, 11) is 3.79. The lowest BCUT2D eigenvalue weighted by Crippen LogP contribution is -2.31. The van der Waals surface area contributed by atoms with Gasteiger partial charge in [0.2, 0.25) is 0 Å². The minimum atomic E-state index is -0.505. The van der Waals surface area contributed by atoms with Gasteiger partial charge in [0.15, 0.2) is 6.61 Å². The number of hydrogen-bond donors (Lipinski definition) is 1. The van der Waals surface area contributed by atoms with E-state index in [4.69, 9.17) is 4.74 Å². The molecule has 1 atom stereocenters. The van der Waals surface area contributed by atoms with Crippen LogP contribution in [0.1, 0.15) is 28.8 Å². The standard InChI is InChI=1S/C20H24N2O3/c1-15(16-8-5-4-6-9-16)13-21-19(23)14-25-20(24)17-10-7-11-18(12-17)22(2)3/h4-12,15H,13-14H2,1-3H3,(H,21,23)/t15-/m1/s1. The molecular weight excluding hydrogens is 316 g/mol. The van der Waals surface area contributed by atoms with E-state index in [2.05, 4.69) is 5.32 Å². The summed E-state index contributed by atoms with van der Waals surface area (Å²) in [5, 5.41) is 2.79. The first kappa shape index (κ1) is 18.5. The van der Waals surface area contributed by atoms with Crippen LogP contribution in [0.4, 0.5) is 5.69 Å². The van der Waals surface area contributed by atoms with Crippen LogP contribution >= 0.6 is 0 Å². The van der Waals surface area contributed by atoms with Crippen LogP contribution < -0.4 is 10.2 Å². The number of benzene rings is 2. The molecule has 0 radical (unpaired) electrons. The first-order valence-electron chi connectivity index (χ1n) is 8.23. The van der Waals surface area contributed by atoms with Gasteiger partial charge in [0.05, 0.1) is 5.56 Å². The Kier molecular flexibility index (Phi) is 6.57. The molecular formula is C20H24N2O3. The molecule has 0 fully saturated rings. The number of esters is 1. The van der Waals surface area contributed by atoms with Gasteiger partial charge >= 0.3 is 5.97 Å². The maximum atomic E-state index is 12.1. The fourth-order valence-electron chi connectivity index (χ4n) is 2.34. The Balaban J connectivity index is 1.79.